The first-order valence-corrected chi connectivity index (χ1v) is 21.3. The van der Waals surface area contributed by atoms with Crippen molar-refractivity contribution in [1.82, 2.24) is 4.57 Å². The van der Waals surface area contributed by atoms with Crippen molar-refractivity contribution in [3.63, 3.8) is 0 Å². The Morgan fingerprint density at radius 3 is 1.65 bits per heavy atom. The van der Waals surface area contributed by atoms with Crippen molar-refractivity contribution in [3.05, 3.63) is 249 Å². The number of anilines is 6. The topological polar surface area (TPSA) is 11.4 Å². The molecular weight excluding hydrogens is 763 g/mol. The van der Waals surface area contributed by atoms with Gasteiger partial charge in [0.05, 0.1) is 22.2 Å². The lowest BCUT2D eigenvalue weighted by atomic mass is 9.99. The monoisotopic (exact) mass is 807 g/mol. The minimum atomic E-state index is -0.113. The van der Waals surface area contributed by atoms with E-state index in [2.05, 4.69) is 137 Å². The van der Waals surface area contributed by atoms with Gasteiger partial charge in [-0.1, -0.05) is 158 Å². The van der Waals surface area contributed by atoms with Crippen LogP contribution in [0.25, 0.3) is 70.9 Å². The number of hydrogen-bond donors (Lipinski definition) is 0. The fourth-order valence-electron chi connectivity index (χ4n) is 9.18. The lowest BCUT2D eigenvalue weighted by molar-refractivity contribution is 1.18. The highest BCUT2D eigenvalue weighted by atomic mass is 15.1. The summed E-state index contributed by atoms with van der Waals surface area (Å²) in [6.07, 6.45) is 0. The molecule has 0 spiro atoms. The molecule has 0 N–H and O–H groups in total. The Hall–Kier alpha value is -8.40. The van der Waals surface area contributed by atoms with Gasteiger partial charge in [-0.15, -0.1) is 0 Å². The van der Waals surface area contributed by atoms with Gasteiger partial charge >= 0.3 is 0 Å². The van der Waals surface area contributed by atoms with Crippen LogP contribution >= 0.6 is 0 Å². The lowest BCUT2D eigenvalue weighted by Crippen LogP contribution is -2.10. The Labute approximate surface area is 372 Å². The summed E-state index contributed by atoms with van der Waals surface area (Å²) in [5, 5.41) is 8.54. The minimum Gasteiger partial charge on any atom is -0.310 e. The third-order valence-corrected chi connectivity index (χ3v) is 12.1. The normalized spacial score (nSPS) is 12.4. The molecule has 3 nitrogen and oxygen atoms in total. The van der Waals surface area contributed by atoms with Gasteiger partial charge in [-0.25, -0.2) is 0 Å². The van der Waals surface area contributed by atoms with E-state index in [1.54, 1.807) is 0 Å². The Kier molecular flexibility index (Phi) is 7.84. The molecule has 0 amide bonds. The van der Waals surface area contributed by atoms with Crippen LogP contribution in [0.1, 0.15) is 5.48 Å². The van der Waals surface area contributed by atoms with Gasteiger partial charge in [0.1, 0.15) is 0 Å². The SMILES string of the molecule is [2H]c1c([2H])c(N(c2ccccc2)c2cccc3ccccc23)c([2H])c([2H])c1-c1ccc2cc(N(c3ccc4ccccc4c3)c3ccc4c5ccccc5n(-c5ccccc5)c4c3)ccc2c1. The van der Waals surface area contributed by atoms with E-state index in [1.807, 2.05) is 102 Å². The molecule has 0 saturated carbocycles. The maximum absolute atomic E-state index is 9.52. The quantitative estimate of drug-likeness (QED) is 0.151. The van der Waals surface area contributed by atoms with E-state index in [0.29, 0.717) is 5.56 Å². The molecule has 12 aromatic rings. The summed E-state index contributed by atoms with van der Waals surface area (Å²) < 4.78 is 40.3. The zero-order chi connectivity index (χ0) is 45.2. The van der Waals surface area contributed by atoms with Crippen molar-refractivity contribution in [2.45, 2.75) is 0 Å². The van der Waals surface area contributed by atoms with E-state index in [4.69, 9.17) is 0 Å². The number of aromatic nitrogens is 1. The van der Waals surface area contributed by atoms with Crippen LogP contribution in [0.5, 0.6) is 0 Å². The predicted molar refractivity (Wildman–Crippen MR) is 268 cm³/mol. The number of hydrogen-bond acceptors (Lipinski definition) is 2. The van der Waals surface area contributed by atoms with Crippen molar-refractivity contribution in [2.75, 3.05) is 9.80 Å². The maximum Gasteiger partial charge on any atom is 0.0645 e. The second-order valence-electron chi connectivity index (χ2n) is 15.9. The van der Waals surface area contributed by atoms with Crippen molar-refractivity contribution in [1.29, 1.82) is 0 Å². The van der Waals surface area contributed by atoms with E-state index in [-0.39, 0.29) is 35.4 Å². The molecule has 0 radical (unpaired) electrons. The van der Waals surface area contributed by atoms with E-state index in [0.717, 1.165) is 72.1 Å². The second kappa shape index (κ2) is 15.3. The Balaban J connectivity index is 0.989. The zero-order valence-electron chi connectivity index (χ0n) is 38.2. The molecular formula is C60H41N3. The van der Waals surface area contributed by atoms with Crippen molar-refractivity contribution < 1.29 is 5.48 Å². The summed E-state index contributed by atoms with van der Waals surface area (Å²) in [6, 6.07) is 76.4. The average molecular weight is 808 g/mol. The number of rotatable bonds is 8. The van der Waals surface area contributed by atoms with Gasteiger partial charge in [0.15, 0.2) is 0 Å². The molecule has 1 aromatic heterocycles. The molecule has 3 heteroatoms. The highest BCUT2D eigenvalue weighted by Crippen LogP contribution is 2.43. The van der Waals surface area contributed by atoms with Crippen LogP contribution in [0, 0.1) is 0 Å². The molecule has 0 aliphatic rings. The molecule has 11 aromatic carbocycles. The molecule has 1 heterocycles. The van der Waals surface area contributed by atoms with E-state index >= 15 is 0 Å². The fraction of sp³-hybridized carbons (Fsp3) is 0. The van der Waals surface area contributed by atoms with Crippen LogP contribution in [0.3, 0.4) is 0 Å². The molecule has 0 bridgehead atoms. The summed E-state index contributed by atoms with van der Waals surface area (Å²) >= 11 is 0. The molecule has 296 valence electrons. The Bertz CT molecular complexity index is 3850. The predicted octanol–water partition coefficient (Wildman–Crippen LogP) is 16.8. The minimum absolute atomic E-state index is 0.0982. The van der Waals surface area contributed by atoms with Gasteiger partial charge in [-0.2, -0.15) is 0 Å². The summed E-state index contributed by atoms with van der Waals surface area (Å²) in [7, 11) is 0. The third-order valence-electron chi connectivity index (χ3n) is 12.1. The van der Waals surface area contributed by atoms with E-state index in [9.17, 15) is 5.48 Å². The largest absolute Gasteiger partial charge is 0.310 e. The van der Waals surface area contributed by atoms with Crippen LogP contribution in [-0.4, -0.2) is 4.57 Å². The lowest BCUT2D eigenvalue weighted by Gasteiger charge is -2.27. The number of para-hydroxylation sites is 3. The van der Waals surface area contributed by atoms with Crippen LogP contribution < -0.4 is 9.80 Å². The Morgan fingerprint density at radius 2 is 0.857 bits per heavy atom. The first kappa shape index (κ1) is 32.4. The molecule has 0 unspecified atom stereocenters. The smallest absolute Gasteiger partial charge is 0.0645 e. The second-order valence-corrected chi connectivity index (χ2v) is 15.9. The van der Waals surface area contributed by atoms with Gasteiger partial charge in [0.2, 0.25) is 0 Å². The van der Waals surface area contributed by atoms with Gasteiger partial charge in [0, 0.05) is 50.3 Å². The van der Waals surface area contributed by atoms with Gasteiger partial charge < -0.3 is 14.4 Å². The first-order chi connectivity index (χ1) is 32.9. The number of benzene rings is 11. The van der Waals surface area contributed by atoms with Gasteiger partial charge in [-0.05, 0) is 129 Å². The fourth-order valence-corrected chi connectivity index (χ4v) is 9.18. The van der Waals surface area contributed by atoms with Gasteiger partial charge in [-0.3, -0.25) is 0 Å². The van der Waals surface area contributed by atoms with Crippen molar-refractivity contribution in [3.8, 4) is 16.8 Å². The molecule has 0 atom stereocenters. The van der Waals surface area contributed by atoms with Crippen molar-refractivity contribution in [2.24, 2.45) is 0 Å². The average Bonchev–Trinajstić information content (AvgIpc) is 3.71. The molecule has 0 aliphatic heterocycles. The standard InChI is InChI=1S/C60H41N3/c1-3-18-49(19-4-1)62(58-25-13-17-44-15-9-10-22-55(44)58)51-32-28-43(29-33-51)46-26-27-48-40-53(35-31-47(48)38-46)61(52-34-30-42-14-7-8-16-45(42)39-52)54-36-37-57-56-23-11-12-24-59(56)63(60(57)41-54)50-20-5-2-6-21-50/h1-41H/i28D,29D,32D,33D. The highest BCUT2D eigenvalue weighted by molar-refractivity contribution is 6.10. The summed E-state index contributed by atoms with van der Waals surface area (Å²) in [6.45, 7) is 0. The number of nitrogens with zero attached hydrogens (tertiary/aromatic N) is 3. The molecule has 0 fully saturated rings. The molecule has 0 saturated heterocycles. The summed E-state index contributed by atoms with van der Waals surface area (Å²) in [5.41, 5.74) is 8.94. The van der Waals surface area contributed by atoms with Crippen molar-refractivity contribution >= 4 is 88.2 Å². The molecule has 12 rings (SSSR count). The van der Waals surface area contributed by atoms with Crippen LogP contribution in [0.2, 0.25) is 0 Å². The van der Waals surface area contributed by atoms with E-state index < -0.39 is 0 Å². The van der Waals surface area contributed by atoms with Crippen LogP contribution in [0.4, 0.5) is 34.1 Å². The summed E-state index contributed by atoms with van der Waals surface area (Å²) in [5.74, 6) is 0. The maximum atomic E-state index is 9.52. The molecule has 0 aliphatic carbocycles. The summed E-state index contributed by atoms with van der Waals surface area (Å²) in [4.78, 5) is 4.16. The zero-order valence-corrected chi connectivity index (χ0v) is 34.2. The molecule has 63 heavy (non-hydrogen) atoms. The third kappa shape index (κ3) is 6.46. The number of fused-ring (bicyclic) bond motifs is 6. The van der Waals surface area contributed by atoms with Crippen LogP contribution in [0.15, 0.2) is 249 Å². The van der Waals surface area contributed by atoms with Gasteiger partial charge in [0.25, 0.3) is 0 Å². The van der Waals surface area contributed by atoms with E-state index in [1.165, 1.54) is 16.2 Å². The highest BCUT2D eigenvalue weighted by Gasteiger charge is 2.19. The first-order valence-electron chi connectivity index (χ1n) is 23.3. The van der Waals surface area contributed by atoms with Crippen LogP contribution in [-0.2, 0) is 0 Å². The Morgan fingerprint density at radius 1 is 0.302 bits per heavy atom.